The molecule has 0 N–H and O–H groups in total. The Morgan fingerprint density at radius 2 is 1.89 bits per heavy atom. The molecule has 0 aliphatic heterocycles. The number of carbonyl (C=O) groups excluding carboxylic acids is 1. The van der Waals surface area contributed by atoms with Crippen molar-refractivity contribution in [2.45, 2.75) is 50.9 Å². The lowest BCUT2D eigenvalue weighted by atomic mass is 10.1. The van der Waals surface area contributed by atoms with Gasteiger partial charge in [0.2, 0.25) is 0 Å². The summed E-state index contributed by atoms with van der Waals surface area (Å²) in [5.74, 6) is 0.379. The molecule has 3 heteroatoms. The zero-order valence-corrected chi connectivity index (χ0v) is 14.4. The zero-order chi connectivity index (χ0) is 13.7. The standard InChI is InChI=1S/C15H21BrOSi/c1-15(2,3)18(4,5)13-9-10-8-11(16)6-7-12(10)14(13)17/h6-8,13H,9H2,1-5H3. The van der Waals surface area contributed by atoms with Gasteiger partial charge in [0, 0.05) is 15.6 Å². The van der Waals surface area contributed by atoms with Crippen LogP contribution < -0.4 is 0 Å². The maximum absolute atomic E-state index is 12.6. The largest absolute Gasteiger partial charge is 0.294 e. The zero-order valence-electron chi connectivity index (χ0n) is 11.8. The van der Waals surface area contributed by atoms with E-state index in [9.17, 15) is 4.79 Å². The molecule has 1 aliphatic carbocycles. The summed E-state index contributed by atoms with van der Waals surface area (Å²) in [5.41, 5.74) is 2.42. The first kappa shape index (κ1) is 14.0. The van der Waals surface area contributed by atoms with Crippen molar-refractivity contribution in [3.8, 4) is 0 Å². The number of halogens is 1. The molecule has 0 saturated carbocycles. The highest BCUT2D eigenvalue weighted by Crippen LogP contribution is 2.49. The van der Waals surface area contributed by atoms with Gasteiger partial charge in [-0.25, -0.2) is 0 Å². The highest BCUT2D eigenvalue weighted by Gasteiger charge is 2.48. The Bertz CT molecular complexity index is 500. The first-order valence-corrected chi connectivity index (χ1v) is 10.3. The minimum Gasteiger partial charge on any atom is -0.294 e. The van der Waals surface area contributed by atoms with Gasteiger partial charge in [0.05, 0.1) is 8.07 Å². The van der Waals surface area contributed by atoms with Crippen LogP contribution in [0.15, 0.2) is 22.7 Å². The molecule has 1 unspecified atom stereocenters. The smallest absolute Gasteiger partial charge is 0.163 e. The van der Waals surface area contributed by atoms with Crippen LogP contribution >= 0.6 is 15.9 Å². The van der Waals surface area contributed by atoms with Gasteiger partial charge in [-0.1, -0.05) is 55.9 Å². The highest BCUT2D eigenvalue weighted by molar-refractivity contribution is 9.10. The van der Waals surface area contributed by atoms with E-state index in [0.29, 0.717) is 5.78 Å². The average molecular weight is 325 g/mol. The van der Waals surface area contributed by atoms with Crippen LogP contribution in [0.25, 0.3) is 0 Å². The number of rotatable bonds is 1. The Morgan fingerprint density at radius 1 is 1.28 bits per heavy atom. The molecule has 1 aromatic rings. The summed E-state index contributed by atoms with van der Waals surface area (Å²) in [6.07, 6.45) is 0.935. The van der Waals surface area contributed by atoms with E-state index in [1.165, 1.54) is 5.56 Å². The molecule has 18 heavy (non-hydrogen) atoms. The van der Waals surface area contributed by atoms with Crippen molar-refractivity contribution < 1.29 is 4.79 Å². The van der Waals surface area contributed by atoms with E-state index in [2.05, 4.69) is 55.9 Å². The first-order valence-electron chi connectivity index (χ1n) is 6.47. The van der Waals surface area contributed by atoms with E-state index in [4.69, 9.17) is 0 Å². The summed E-state index contributed by atoms with van der Waals surface area (Å²) in [5, 5.41) is 0.257. The van der Waals surface area contributed by atoms with Crippen LogP contribution in [0.4, 0.5) is 0 Å². The third-order valence-electron chi connectivity index (χ3n) is 4.88. The van der Waals surface area contributed by atoms with Crippen molar-refractivity contribution in [1.29, 1.82) is 0 Å². The number of fused-ring (bicyclic) bond motifs is 1. The maximum Gasteiger partial charge on any atom is 0.163 e. The van der Waals surface area contributed by atoms with Crippen LogP contribution in [0.1, 0.15) is 36.7 Å². The molecular formula is C15H21BrOSi. The molecule has 0 heterocycles. The van der Waals surface area contributed by atoms with Gasteiger partial charge in [-0.15, -0.1) is 0 Å². The summed E-state index contributed by atoms with van der Waals surface area (Å²) in [6, 6.07) is 6.07. The molecule has 0 fully saturated rings. The number of benzene rings is 1. The van der Waals surface area contributed by atoms with E-state index < -0.39 is 8.07 Å². The van der Waals surface area contributed by atoms with E-state index in [1.807, 2.05) is 12.1 Å². The van der Waals surface area contributed by atoms with Gasteiger partial charge < -0.3 is 0 Å². The van der Waals surface area contributed by atoms with E-state index in [0.717, 1.165) is 16.5 Å². The number of hydrogen-bond donors (Lipinski definition) is 0. The second-order valence-corrected chi connectivity index (χ2v) is 13.5. The average Bonchev–Trinajstić information content (AvgIpc) is 2.54. The number of carbonyl (C=O) groups is 1. The molecule has 1 nitrogen and oxygen atoms in total. The Hall–Kier alpha value is -0.413. The fraction of sp³-hybridized carbons (Fsp3) is 0.533. The molecular weight excluding hydrogens is 304 g/mol. The SMILES string of the molecule is CC(C)(C)[Si](C)(C)C1Cc2cc(Br)ccc2C1=O. The van der Waals surface area contributed by atoms with Gasteiger partial charge in [-0.05, 0) is 29.2 Å². The fourth-order valence-corrected chi connectivity index (χ4v) is 5.57. The molecule has 0 amide bonds. The van der Waals surface area contributed by atoms with Crippen LogP contribution in [0.3, 0.4) is 0 Å². The number of hydrogen-bond acceptors (Lipinski definition) is 1. The van der Waals surface area contributed by atoms with E-state index in [1.54, 1.807) is 0 Å². The predicted octanol–water partition coefficient (Wildman–Crippen LogP) is 5.07. The minimum absolute atomic E-state index is 0.238. The second kappa shape index (κ2) is 4.31. The van der Waals surface area contributed by atoms with Crippen molar-refractivity contribution >= 4 is 29.8 Å². The maximum atomic E-state index is 12.6. The minimum atomic E-state index is -1.61. The van der Waals surface area contributed by atoms with Gasteiger partial charge in [0.15, 0.2) is 5.78 Å². The van der Waals surface area contributed by atoms with Crippen molar-refractivity contribution in [2.75, 3.05) is 0 Å². The first-order chi connectivity index (χ1) is 8.14. The van der Waals surface area contributed by atoms with Gasteiger partial charge in [-0.2, -0.15) is 0 Å². The molecule has 1 aromatic carbocycles. The van der Waals surface area contributed by atoms with Crippen LogP contribution in [0.5, 0.6) is 0 Å². The van der Waals surface area contributed by atoms with Crippen LogP contribution in [0, 0.1) is 0 Å². The highest BCUT2D eigenvalue weighted by atomic mass is 79.9. The lowest BCUT2D eigenvalue weighted by molar-refractivity contribution is 0.0990. The Morgan fingerprint density at radius 3 is 2.44 bits per heavy atom. The summed E-state index contributed by atoms with van der Waals surface area (Å²) >= 11 is 3.49. The third kappa shape index (κ3) is 2.12. The molecule has 0 radical (unpaired) electrons. The summed E-state index contributed by atoms with van der Waals surface area (Å²) in [6.45, 7) is 11.6. The normalized spacial score (nSPS) is 20.1. The summed E-state index contributed by atoms with van der Waals surface area (Å²) in [4.78, 5) is 12.6. The van der Waals surface area contributed by atoms with Crippen molar-refractivity contribution in [3.63, 3.8) is 0 Å². The number of Topliss-reactive ketones (excluding diaryl/α,β-unsaturated/α-hetero) is 1. The lowest BCUT2D eigenvalue weighted by Gasteiger charge is -2.41. The lowest BCUT2D eigenvalue weighted by Crippen LogP contribution is -2.44. The van der Waals surface area contributed by atoms with Crippen LogP contribution in [-0.2, 0) is 6.42 Å². The molecule has 0 bridgehead atoms. The van der Waals surface area contributed by atoms with Crippen molar-refractivity contribution in [2.24, 2.45) is 0 Å². The van der Waals surface area contributed by atoms with E-state index >= 15 is 0 Å². The summed E-state index contributed by atoms with van der Waals surface area (Å²) in [7, 11) is -1.61. The molecule has 2 rings (SSSR count). The molecule has 0 aromatic heterocycles. The van der Waals surface area contributed by atoms with Gasteiger partial charge in [0.1, 0.15) is 0 Å². The third-order valence-corrected chi connectivity index (χ3v) is 11.4. The molecule has 1 atom stereocenters. The Kier molecular flexibility index (Phi) is 3.35. The van der Waals surface area contributed by atoms with Crippen molar-refractivity contribution in [3.05, 3.63) is 33.8 Å². The van der Waals surface area contributed by atoms with Gasteiger partial charge >= 0.3 is 0 Å². The molecule has 1 aliphatic rings. The van der Waals surface area contributed by atoms with Gasteiger partial charge in [0.25, 0.3) is 0 Å². The predicted molar refractivity (Wildman–Crippen MR) is 83.1 cm³/mol. The molecule has 98 valence electrons. The van der Waals surface area contributed by atoms with Crippen LogP contribution in [0.2, 0.25) is 23.7 Å². The quantitative estimate of drug-likeness (QED) is 0.659. The van der Waals surface area contributed by atoms with E-state index in [-0.39, 0.29) is 10.6 Å². The topological polar surface area (TPSA) is 17.1 Å². The van der Waals surface area contributed by atoms with Gasteiger partial charge in [-0.3, -0.25) is 4.79 Å². The summed E-state index contributed by atoms with van der Waals surface area (Å²) < 4.78 is 1.07. The monoisotopic (exact) mass is 324 g/mol. The Balaban J connectivity index is 2.40. The second-order valence-electron chi connectivity index (χ2n) is 6.89. The molecule has 0 saturated heterocycles. The Labute approximate surface area is 119 Å². The fourth-order valence-electron chi connectivity index (χ4n) is 2.58. The number of ketones is 1. The molecule has 0 spiro atoms. The van der Waals surface area contributed by atoms with Crippen LogP contribution in [-0.4, -0.2) is 13.9 Å². The van der Waals surface area contributed by atoms with Crippen molar-refractivity contribution in [1.82, 2.24) is 0 Å².